The molecule has 0 saturated heterocycles. The van der Waals surface area contributed by atoms with Crippen LogP contribution < -0.4 is 11.1 Å². The second kappa shape index (κ2) is 5.24. The van der Waals surface area contributed by atoms with Crippen LogP contribution in [0.3, 0.4) is 0 Å². The Morgan fingerprint density at radius 3 is 2.90 bits per heavy atom. The predicted octanol–water partition coefficient (Wildman–Crippen LogP) is 4.57. The number of nitrogens with one attached hydrogen (secondary N) is 1. The van der Waals surface area contributed by atoms with Crippen LogP contribution in [0.25, 0.3) is 10.9 Å². The van der Waals surface area contributed by atoms with E-state index < -0.39 is 0 Å². The van der Waals surface area contributed by atoms with Crippen LogP contribution in [0, 0.1) is 5.41 Å². The van der Waals surface area contributed by atoms with E-state index in [4.69, 9.17) is 5.73 Å². The third-order valence-electron chi connectivity index (χ3n) is 4.24. The van der Waals surface area contributed by atoms with Crippen molar-refractivity contribution in [3.63, 3.8) is 0 Å². The Morgan fingerprint density at radius 1 is 1.40 bits per heavy atom. The van der Waals surface area contributed by atoms with Gasteiger partial charge in [0.25, 0.3) is 0 Å². The quantitative estimate of drug-likeness (QED) is 0.788. The van der Waals surface area contributed by atoms with Crippen molar-refractivity contribution in [2.75, 3.05) is 17.6 Å². The maximum Gasteiger partial charge on any atom is 0.0954 e. The van der Waals surface area contributed by atoms with Crippen LogP contribution in [0.2, 0.25) is 0 Å². The highest BCUT2D eigenvalue weighted by molar-refractivity contribution is 9.10. The molecule has 0 spiro atoms. The van der Waals surface area contributed by atoms with Crippen molar-refractivity contribution >= 4 is 38.2 Å². The molecule has 106 valence electrons. The topological polar surface area (TPSA) is 50.9 Å². The lowest BCUT2D eigenvalue weighted by molar-refractivity contribution is 0.486. The molecule has 1 aliphatic carbocycles. The van der Waals surface area contributed by atoms with Crippen LogP contribution in [-0.4, -0.2) is 11.5 Å². The highest BCUT2D eigenvalue weighted by atomic mass is 79.9. The average molecular weight is 334 g/mol. The number of anilines is 2. The fourth-order valence-corrected chi connectivity index (χ4v) is 3.19. The Labute approximate surface area is 128 Å². The van der Waals surface area contributed by atoms with Crippen LogP contribution in [0.5, 0.6) is 0 Å². The third-order valence-corrected chi connectivity index (χ3v) is 4.67. The van der Waals surface area contributed by atoms with Gasteiger partial charge in [0, 0.05) is 28.3 Å². The normalized spacial score (nSPS) is 16.3. The van der Waals surface area contributed by atoms with E-state index in [1.54, 1.807) is 0 Å². The van der Waals surface area contributed by atoms with Gasteiger partial charge in [0.1, 0.15) is 0 Å². The van der Waals surface area contributed by atoms with E-state index in [1.165, 1.54) is 25.7 Å². The summed E-state index contributed by atoms with van der Waals surface area (Å²) in [4.78, 5) is 4.52. The number of pyridine rings is 1. The molecule has 0 amide bonds. The first-order chi connectivity index (χ1) is 9.63. The maximum atomic E-state index is 6.05. The second-order valence-electron chi connectivity index (χ2n) is 5.86. The Balaban J connectivity index is 1.87. The van der Waals surface area contributed by atoms with Gasteiger partial charge in [-0.05, 0) is 58.8 Å². The Kier molecular flexibility index (Phi) is 3.59. The molecule has 1 fully saturated rings. The van der Waals surface area contributed by atoms with Gasteiger partial charge in [-0.1, -0.05) is 13.3 Å². The molecule has 3 nitrogen and oxygen atoms in total. The number of hydrogen-bond donors (Lipinski definition) is 2. The Bertz CT molecular complexity index is 635. The van der Waals surface area contributed by atoms with Gasteiger partial charge in [-0.2, -0.15) is 0 Å². The fourth-order valence-electron chi connectivity index (χ4n) is 2.86. The highest BCUT2D eigenvalue weighted by Crippen LogP contribution is 2.49. The van der Waals surface area contributed by atoms with E-state index in [0.717, 1.165) is 33.3 Å². The van der Waals surface area contributed by atoms with Gasteiger partial charge >= 0.3 is 0 Å². The average Bonchev–Trinajstić information content (AvgIpc) is 3.19. The highest BCUT2D eigenvalue weighted by Gasteiger charge is 2.41. The lowest BCUT2D eigenvalue weighted by Gasteiger charge is -2.17. The number of nitrogen functional groups attached to an aromatic ring is 1. The first-order valence-electron chi connectivity index (χ1n) is 7.21. The molecule has 1 saturated carbocycles. The van der Waals surface area contributed by atoms with Crippen molar-refractivity contribution in [1.82, 2.24) is 4.98 Å². The van der Waals surface area contributed by atoms with Gasteiger partial charge in [-0.15, -0.1) is 0 Å². The van der Waals surface area contributed by atoms with E-state index in [0.29, 0.717) is 5.41 Å². The summed E-state index contributed by atoms with van der Waals surface area (Å²) in [7, 11) is 0. The lowest BCUT2D eigenvalue weighted by Crippen LogP contribution is -2.15. The molecule has 20 heavy (non-hydrogen) atoms. The molecule has 0 radical (unpaired) electrons. The zero-order valence-corrected chi connectivity index (χ0v) is 13.3. The van der Waals surface area contributed by atoms with Crippen molar-refractivity contribution in [1.29, 1.82) is 0 Å². The number of fused-ring (bicyclic) bond motifs is 1. The van der Waals surface area contributed by atoms with Crippen LogP contribution >= 0.6 is 15.9 Å². The standard InChI is InChI=1S/C16H20BrN3/c1-2-5-16(6-7-16)10-20-14-4-3-13(18)12-8-11(17)9-19-15(12)14/h3-4,8-9,20H,2,5-7,10,18H2,1H3. The van der Waals surface area contributed by atoms with Gasteiger partial charge in [0.2, 0.25) is 0 Å². The van der Waals surface area contributed by atoms with Crippen molar-refractivity contribution in [3.05, 3.63) is 28.9 Å². The first kappa shape index (κ1) is 13.7. The molecule has 1 aromatic carbocycles. The number of aromatic nitrogens is 1. The molecule has 4 heteroatoms. The molecule has 0 atom stereocenters. The van der Waals surface area contributed by atoms with Gasteiger partial charge in [-0.3, -0.25) is 4.98 Å². The number of nitrogens with zero attached hydrogens (tertiary/aromatic N) is 1. The summed E-state index contributed by atoms with van der Waals surface area (Å²) in [5.74, 6) is 0. The number of halogens is 1. The van der Waals surface area contributed by atoms with Crippen LogP contribution in [0.15, 0.2) is 28.9 Å². The van der Waals surface area contributed by atoms with E-state index in [1.807, 2.05) is 24.4 Å². The van der Waals surface area contributed by atoms with Crippen LogP contribution in [0.1, 0.15) is 32.6 Å². The van der Waals surface area contributed by atoms with Crippen molar-refractivity contribution in [2.24, 2.45) is 5.41 Å². The smallest absolute Gasteiger partial charge is 0.0954 e. The summed E-state index contributed by atoms with van der Waals surface area (Å²) in [5.41, 5.74) is 9.39. The van der Waals surface area contributed by atoms with Crippen LogP contribution in [-0.2, 0) is 0 Å². The summed E-state index contributed by atoms with van der Waals surface area (Å²) < 4.78 is 0.957. The minimum atomic E-state index is 0.526. The van der Waals surface area contributed by atoms with Crippen molar-refractivity contribution < 1.29 is 0 Å². The molecule has 0 bridgehead atoms. The third kappa shape index (κ3) is 2.62. The van der Waals surface area contributed by atoms with Gasteiger partial charge < -0.3 is 11.1 Å². The molecule has 1 aliphatic rings. The zero-order valence-electron chi connectivity index (χ0n) is 11.7. The molecule has 1 heterocycles. The van der Waals surface area contributed by atoms with Crippen molar-refractivity contribution in [3.8, 4) is 0 Å². The second-order valence-corrected chi connectivity index (χ2v) is 6.77. The summed E-state index contributed by atoms with van der Waals surface area (Å²) >= 11 is 3.45. The largest absolute Gasteiger partial charge is 0.398 e. The molecule has 3 rings (SSSR count). The summed E-state index contributed by atoms with van der Waals surface area (Å²) in [5, 5.41) is 4.59. The van der Waals surface area contributed by atoms with E-state index in [2.05, 4.69) is 33.2 Å². The minimum absolute atomic E-state index is 0.526. The molecule has 0 unspecified atom stereocenters. The first-order valence-corrected chi connectivity index (χ1v) is 8.00. The molecule has 1 aromatic heterocycles. The number of rotatable bonds is 5. The van der Waals surface area contributed by atoms with E-state index in [9.17, 15) is 0 Å². The van der Waals surface area contributed by atoms with E-state index >= 15 is 0 Å². The van der Waals surface area contributed by atoms with Crippen molar-refractivity contribution in [2.45, 2.75) is 32.6 Å². The molecular formula is C16H20BrN3. The Morgan fingerprint density at radius 2 is 2.20 bits per heavy atom. The number of nitrogens with two attached hydrogens (primary N) is 1. The maximum absolute atomic E-state index is 6.05. The molecule has 2 aromatic rings. The Hall–Kier alpha value is -1.29. The SMILES string of the molecule is CCCC1(CNc2ccc(N)c3cc(Br)cnc23)CC1. The number of benzene rings is 1. The predicted molar refractivity (Wildman–Crippen MR) is 88.9 cm³/mol. The molecule has 0 aliphatic heterocycles. The lowest BCUT2D eigenvalue weighted by atomic mass is 10.0. The monoisotopic (exact) mass is 333 g/mol. The summed E-state index contributed by atoms with van der Waals surface area (Å²) in [6.45, 7) is 3.30. The zero-order chi connectivity index (χ0) is 14.2. The molecular weight excluding hydrogens is 314 g/mol. The molecule has 3 N–H and O–H groups in total. The minimum Gasteiger partial charge on any atom is -0.398 e. The van der Waals surface area contributed by atoms with Gasteiger partial charge in [-0.25, -0.2) is 0 Å². The van der Waals surface area contributed by atoms with Gasteiger partial charge in [0.05, 0.1) is 11.2 Å². The van der Waals surface area contributed by atoms with E-state index in [-0.39, 0.29) is 0 Å². The number of hydrogen-bond acceptors (Lipinski definition) is 3. The fraction of sp³-hybridized carbons (Fsp3) is 0.438. The summed E-state index contributed by atoms with van der Waals surface area (Å²) in [6.07, 6.45) is 7.09. The summed E-state index contributed by atoms with van der Waals surface area (Å²) in [6, 6.07) is 6.03. The van der Waals surface area contributed by atoms with Gasteiger partial charge in [0.15, 0.2) is 0 Å². The van der Waals surface area contributed by atoms with Crippen LogP contribution in [0.4, 0.5) is 11.4 Å².